The SMILES string of the molecule is CCCCC(CCc1c(C)nn(C)c1C)NC. The van der Waals surface area contributed by atoms with E-state index < -0.39 is 0 Å². The summed E-state index contributed by atoms with van der Waals surface area (Å²) in [5.74, 6) is 0. The summed E-state index contributed by atoms with van der Waals surface area (Å²) in [4.78, 5) is 0. The molecule has 1 atom stereocenters. The van der Waals surface area contributed by atoms with Gasteiger partial charge in [0.1, 0.15) is 0 Å². The molecule has 3 nitrogen and oxygen atoms in total. The van der Waals surface area contributed by atoms with Crippen molar-refractivity contribution in [2.75, 3.05) is 7.05 Å². The fourth-order valence-corrected chi connectivity index (χ4v) is 2.38. The molecule has 0 bridgehead atoms. The average molecular weight is 237 g/mol. The quantitative estimate of drug-likeness (QED) is 0.790. The third-order valence-corrected chi connectivity index (χ3v) is 3.72. The molecule has 0 saturated carbocycles. The highest BCUT2D eigenvalue weighted by Gasteiger charge is 2.12. The van der Waals surface area contributed by atoms with Crippen LogP contribution >= 0.6 is 0 Å². The minimum Gasteiger partial charge on any atom is -0.317 e. The molecule has 0 fully saturated rings. The molecule has 0 aliphatic rings. The molecule has 0 aliphatic carbocycles. The second-order valence-electron chi connectivity index (χ2n) is 4.94. The molecule has 0 amide bonds. The van der Waals surface area contributed by atoms with Gasteiger partial charge in [0.25, 0.3) is 0 Å². The molecule has 1 heterocycles. The van der Waals surface area contributed by atoms with E-state index in [0.717, 1.165) is 6.42 Å². The van der Waals surface area contributed by atoms with E-state index in [-0.39, 0.29) is 0 Å². The second kappa shape index (κ2) is 6.80. The van der Waals surface area contributed by atoms with Gasteiger partial charge in [0, 0.05) is 18.8 Å². The van der Waals surface area contributed by atoms with Crippen LogP contribution < -0.4 is 5.32 Å². The van der Waals surface area contributed by atoms with Crippen LogP contribution in [-0.2, 0) is 13.5 Å². The number of nitrogens with zero attached hydrogens (tertiary/aromatic N) is 2. The van der Waals surface area contributed by atoms with E-state index >= 15 is 0 Å². The summed E-state index contributed by atoms with van der Waals surface area (Å²) < 4.78 is 1.99. The summed E-state index contributed by atoms with van der Waals surface area (Å²) in [6.45, 7) is 6.53. The minimum absolute atomic E-state index is 0.647. The number of unbranched alkanes of at least 4 members (excludes halogenated alkanes) is 1. The van der Waals surface area contributed by atoms with Crippen molar-refractivity contribution < 1.29 is 0 Å². The van der Waals surface area contributed by atoms with Gasteiger partial charge < -0.3 is 5.32 Å². The zero-order valence-corrected chi connectivity index (χ0v) is 12.0. The molecule has 0 aliphatic heterocycles. The van der Waals surface area contributed by atoms with Crippen molar-refractivity contribution in [3.8, 4) is 0 Å². The standard InChI is InChI=1S/C14H27N3/c1-6-7-8-13(15-4)9-10-14-11(2)16-17(5)12(14)3/h13,15H,6-10H2,1-5H3. The molecule has 1 N–H and O–H groups in total. The number of nitrogens with one attached hydrogen (secondary N) is 1. The van der Waals surface area contributed by atoms with Gasteiger partial charge in [-0.3, -0.25) is 4.68 Å². The maximum atomic E-state index is 4.47. The van der Waals surface area contributed by atoms with Crippen molar-refractivity contribution >= 4 is 0 Å². The van der Waals surface area contributed by atoms with Crippen LogP contribution in [0.15, 0.2) is 0 Å². The average Bonchev–Trinajstić information content (AvgIpc) is 2.55. The molecule has 0 spiro atoms. The number of rotatable bonds is 7. The maximum absolute atomic E-state index is 4.47. The monoisotopic (exact) mass is 237 g/mol. The number of hydrogen-bond donors (Lipinski definition) is 1. The Morgan fingerprint density at radius 2 is 2.00 bits per heavy atom. The van der Waals surface area contributed by atoms with E-state index in [2.05, 4.69) is 38.2 Å². The van der Waals surface area contributed by atoms with Crippen molar-refractivity contribution in [3.05, 3.63) is 17.0 Å². The van der Waals surface area contributed by atoms with Crippen LogP contribution in [0.1, 0.15) is 49.6 Å². The van der Waals surface area contributed by atoms with Gasteiger partial charge in [-0.05, 0) is 45.7 Å². The molecule has 98 valence electrons. The van der Waals surface area contributed by atoms with Gasteiger partial charge in [-0.25, -0.2) is 0 Å². The van der Waals surface area contributed by atoms with Gasteiger partial charge in [0.05, 0.1) is 5.69 Å². The Kier molecular flexibility index (Phi) is 5.69. The Morgan fingerprint density at radius 3 is 2.47 bits per heavy atom. The van der Waals surface area contributed by atoms with E-state index in [1.165, 1.54) is 42.6 Å². The predicted molar refractivity (Wildman–Crippen MR) is 73.4 cm³/mol. The van der Waals surface area contributed by atoms with Crippen molar-refractivity contribution in [2.24, 2.45) is 7.05 Å². The van der Waals surface area contributed by atoms with E-state index in [1.54, 1.807) is 0 Å². The molecule has 1 rings (SSSR count). The van der Waals surface area contributed by atoms with Crippen LogP contribution in [0, 0.1) is 13.8 Å². The summed E-state index contributed by atoms with van der Waals surface area (Å²) in [5, 5.41) is 7.90. The third kappa shape index (κ3) is 3.84. The van der Waals surface area contributed by atoms with E-state index in [4.69, 9.17) is 0 Å². The first kappa shape index (κ1) is 14.2. The topological polar surface area (TPSA) is 29.9 Å². The Balaban J connectivity index is 2.53. The highest BCUT2D eigenvalue weighted by Crippen LogP contribution is 2.16. The summed E-state index contributed by atoms with van der Waals surface area (Å²) in [7, 11) is 4.10. The lowest BCUT2D eigenvalue weighted by Gasteiger charge is -2.15. The van der Waals surface area contributed by atoms with Crippen molar-refractivity contribution in [1.82, 2.24) is 15.1 Å². The molecule has 17 heavy (non-hydrogen) atoms. The third-order valence-electron chi connectivity index (χ3n) is 3.72. The zero-order valence-electron chi connectivity index (χ0n) is 12.0. The predicted octanol–water partition coefficient (Wildman–Crippen LogP) is 2.75. The molecule has 0 aromatic carbocycles. The lowest BCUT2D eigenvalue weighted by Crippen LogP contribution is -2.25. The number of hydrogen-bond acceptors (Lipinski definition) is 2. The van der Waals surface area contributed by atoms with E-state index in [0.29, 0.717) is 6.04 Å². The second-order valence-corrected chi connectivity index (χ2v) is 4.94. The molecule has 0 saturated heterocycles. The van der Waals surface area contributed by atoms with E-state index in [1.807, 2.05) is 11.7 Å². The van der Waals surface area contributed by atoms with Crippen LogP contribution in [0.3, 0.4) is 0 Å². The van der Waals surface area contributed by atoms with Crippen molar-refractivity contribution in [1.29, 1.82) is 0 Å². The van der Waals surface area contributed by atoms with Gasteiger partial charge in [-0.15, -0.1) is 0 Å². The van der Waals surface area contributed by atoms with E-state index in [9.17, 15) is 0 Å². The summed E-state index contributed by atoms with van der Waals surface area (Å²) >= 11 is 0. The lowest BCUT2D eigenvalue weighted by atomic mass is 10.00. The van der Waals surface area contributed by atoms with Crippen LogP contribution in [0.4, 0.5) is 0 Å². The first-order valence-corrected chi connectivity index (χ1v) is 6.76. The van der Waals surface area contributed by atoms with Crippen LogP contribution in [0.5, 0.6) is 0 Å². The summed E-state index contributed by atoms with van der Waals surface area (Å²) in [6, 6.07) is 0.647. The highest BCUT2D eigenvalue weighted by atomic mass is 15.3. The smallest absolute Gasteiger partial charge is 0.0628 e. The fraction of sp³-hybridized carbons (Fsp3) is 0.786. The van der Waals surface area contributed by atoms with Crippen LogP contribution in [0.25, 0.3) is 0 Å². The molecular formula is C14H27N3. The summed E-state index contributed by atoms with van der Waals surface area (Å²) in [5.41, 5.74) is 3.94. The van der Waals surface area contributed by atoms with Crippen molar-refractivity contribution in [2.45, 2.75) is 58.9 Å². The fourth-order valence-electron chi connectivity index (χ4n) is 2.38. The molecule has 1 aromatic heterocycles. The van der Waals surface area contributed by atoms with Gasteiger partial charge in [-0.1, -0.05) is 19.8 Å². The first-order chi connectivity index (χ1) is 8.10. The Hall–Kier alpha value is -0.830. The first-order valence-electron chi connectivity index (χ1n) is 6.76. The Labute approximate surface area is 106 Å². The van der Waals surface area contributed by atoms with Gasteiger partial charge in [0.2, 0.25) is 0 Å². The molecule has 0 radical (unpaired) electrons. The number of aromatic nitrogens is 2. The van der Waals surface area contributed by atoms with Gasteiger partial charge >= 0.3 is 0 Å². The van der Waals surface area contributed by atoms with Crippen LogP contribution in [0.2, 0.25) is 0 Å². The lowest BCUT2D eigenvalue weighted by molar-refractivity contribution is 0.471. The number of aryl methyl sites for hydroxylation is 2. The van der Waals surface area contributed by atoms with Crippen LogP contribution in [-0.4, -0.2) is 22.9 Å². The molecular weight excluding hydrogens is 210 g/mol. The van der Waals surface area contributed by atoms with Gasteiger partial charge in [-0.2, -0.15) is 5.10 Å². The molecule has 1 unspecified atom stereocenters. The van der Waals surface area contributed by atoms with Crippen molar-refractivity contribution in [3.63, 3.8) is 0 Å². The maximum Gasteiger partial charge on any atom is 0.0628 e. The zero-order chi connectivity index (χ0) is 12.8. The Morgan fingerprint density at radius 1 is 1.29 bits per heavy atom. The highest BCUT2D eigenvalue weighted by molar-refractivity contribution is 5.24. The normalized spacial score (nSPS) is 13.0. The molecule has 3 heteroatoms. The minimum atomic E-state index is 0.647. The molecule has 1 aromatic rings. The largest absolute Gasteiger partial charge is 0.317 e. The summed E-state index contributed by atoms with van der Waals surface area (Å²) in [6.07, 6.45) is 6.23. The van der Waals surface area contributed by atoms with Gasteiger partial charge in [0.15, 0.2) is 0 Å². The Bertz CT molecular complexity index is 341.